The lowest BCUT2D eigenvalue weighted by Gasteiger charge is -2.01. The van der Waals surface area contributed by atoms with Gasteiger partial charge in [0.15, 0.2) is 5.75 Å². The van der Waals surface area contributed by atoms with Crippen LogP contribution < -0.4 is 4.87 Å². The van der Waals surface area contributed by atoms with Crippen LogP contribution in [0.5, 0.6) is 11.6 Å². The van der Waals surface area contributed by atoms with Gasteiger partial charge in [0.1, 0.15) is 0 Å². The number of aromatic nitrogens is 1. The summed E-state index contributed by atoms with van der Waals surface area (Å²) < 4.78 is 0. The molecule has 3 N–H and O–H groups in total. The van der Waals surface area contributed by atoms with E-state index in [1.54, 1.807) is 0 Å². The number of aromatic hydroxyl groups is 2. The lowest BCUT2D eigenvalue weighted by atomic mass is 10.1. The fraction of sp³-hybridized carbons (Fsp3) is 0.100. The molecule has 0 amide bonds. The number of nitrogens with one attached hydrogen (secondary N) is 1. The van der Waals surface area contributed by atoms with Crippen molar-refractivity contribution in [2.24, 2.45) is 0 Å². The van der Waals surface area contributed by atoms with Crippen LogP contribution >= 0.6 is 11.3 Å². The van der Waals surface area contributed by atoms with E-state index in [2.05, 4.69) is 4.98 Å². The molecule has 94 valence electrons. The Morgan fingerprint density at radius 2 is 2.11 bits per heavy atom. The van der Waals surface area contributed by atoms with E-state index < -0.39 is 21.2 Å². The summed E-state index contributed by atoms with van der Waals surface area (Å²) in [5.74, 6) is -0.657. The van der Waals surface area contributed by atoms with Gasteiger partial charge in [0.2, 0.25) is 5.88 Å². The smallest absolute Gasteiger partial charge is 0.310 e. The summed E-state index contributed by atoms with van der Waals surface area (Å²) in [4.78, 5) is 23.1. The molecule has 1 aromatic carbocycles. The third kappa shape index (κ3) is 2.33. The SMILES string of the molecule is O=c1[nH]c(O)c(Cc2ccc(O)c([N+](=O)[O-])c2)s1. The first-order valence-corrected chi connectivity index (χ1v) is 5.66. The molecular formula is C10H8N2O5S. The molecule has 2 aromatic rings. The maximum atomic E-state index is 11.0. The number of thiazole rings is 1. The number of nitrogens with zero attached hydrogens (tertiary/aromatic N) is 1. The Morgan fingerprint density at radius 3 is 2.67 bits per heavy atom. The van der Waals surface area contributed by atoms with E-state index in [0.717, 1.165) is 11.3 Å². The predicted molar refractivity (Wildman–Crippen MR) is 64.2 cm³/mol. The summed E-state index contributed by atoms with van der Waals surface area (Å²) >= 11 is 0.834. The maximum absolute atomic E-state index is 11.0. The number of benzene rings is 1. The fourth-order valence-electron chi connectivity index (χ4n) is 1.48. The molecule has 0 aliphatic carbocycles. The van der Waals surface area contributed by atoms with Gasteiger partial charge >= 0.3 is 10.6 Å². The number of phenolic OH excluding ortho intramolecular Hbond substituents is 1. The summed E-state index contributed by atoms with van der Waals surface area (Å²) in [6.45, 7) is 0. The Hall–Kier alpha value is -2.35. The molecular weight excluding hydrogens is 260 g/mol. The van der Waals surface area contributed by atoms with Gasteiger partial charge in [0.05, 0.1) is 9.80 Å². The highest BCUT2D eigenvalue weighted by atomic mass is 32.1. The van der Waals surface area contributed by atoms with E-state index in [4.69, 9.17) is 0 Å². The van der Waals surface area contributed by atoms with E-state index >= 15 is 0 Å². The first-order chi connectivity index (χ1) is 8.47. The zero-order chi connectivity index (χ0) is 13.3. The van der Waals surface area contributed by atoms with E-state index in [-0.39, 0.29) is 12.3 Å². The van der Waals surface area contributed by atoms with E-state index in [1.807, 2.05) is 0 Å². The zero-order valence-corrected chi connectivity index (χ0v) is 9.73. The Labute approximate surface area is 104 Å². The molecule has 0 radical (unpaired) electrons. The molecule has 0 aliphatic heterocycles. The molecule has 1 heterocycles. The van der Waals surface area contributed by atoms with Crippen LogP contribution in [0.15, 0.2) is 23.0 Å². The standard InChI is InChI=1S/C10H8N2O5S/c13-7-2-1-5(3-6(7)12(16)17)4-8-9(14)11-10(15)18-8/h1-3,13-14H,4H2,(H,11,15). The molecule has 2 rings (SSSR count). The molecule has 0 atom stereocenters. The van der Waals surface area contributed by atoms with Gasteiger partial charge in [-0.25, -0.2) is 0 Å². The molecule has 0 aliphatic rings. The van der Waals surface area contributed by atoms with Gasteiger partial charge < -0.3 is 10.2 Å². The number of phenols is 1. The Kier molecular flexibility index (Phi) is 3.02. The predicted octanol–water partition coefficient (Wildman–Crippen LogP) is 1.35. The second-order valence-corrected chi connectivity index (χ2v) is 4.61. The van der Waals surface area contributed by atoms with E-state index in [9.17, 15) is 25.1 Å². The van der Waals surface area contributed by atoms with Crippen LogP contribution in [0.2, 0.25) is 0 Å². The summed E-state index contributed by atoms with van der Waals surface area (Å²) in [6.07, 6.45) is 0.177. The monoisotopic (exact) mass is 268 g/mol. The molecule has 0 saturated carbocycles. The van der Waals surface area contributed by atoms with Crippen molar-refractivity contribution in [1.82, 2.24) is 4.98 Å². The average Bonchev–Trinajstić information content (AvgIpc) is 2.60. The van der Waals surface area contributed by atoms with Crippen LogP contribution in [0.3, 0.4) is 0 Å². The lowest BCUT2D eigenvalue weighted by molar-refractivity contribution is -0.385. The van der Waals surface area contributed by atoms with Gasteiger partial charge in [-0.1, -0.05) is 17.4 Å². The van der Waals surface area contributed by atoms with Crippen LogP contribution in [0, 0.1) is 10.1 Å². The van der Waals surface area contributed by atoms with Crippen molar-refractivity contribution in [3.63, 3.8) is 0 Å². The second-order valence-electron chi connectivity index (χ2n) is 3.54. The Balaban J connectivity index is 2.35. The third-order valence-corrected chi connectivity index (χ3v) is 3.17. The van der Waals surface area contributed by atoms with Crippen LogP contribution in [-0.2, 0) is 6.42 Å². The normalized spacial score (nSPS) is 10.4. The first kappa shape index (κ1) is 12.1. The highest BCUT2D eigenvalue weighted by Gasteiger charge is 2.15. The minimum absolute atomic E-state index is 0.177. The molecule has 7 nitrogen and oxygen atoms in total. The Bertz CT molecular complexity index is 661. The number of hydrogen-bond acceptors (Lipinski definition) is 6. The molecule has 0 unspecified atom stereocenters. The number of nitro groups is 1. The van der Waals surface area contributed by atoms with Gasteiger partial charge in [-0.05, 0) is 11.6 Å². The van der Waals surface area contributed by atoms with Crippen molar-refractivity contribution in [2.45, 2.75) is 6.42 Å². The molecule has 0 spiro atoms. The van der Waals surface area contributed by atoms with Crippen molar-refractivity contribution >= 4 is 17.0 Å². The summed E-state index contributed by atoms with van der Waals surface area (Å²) in [6, 6.07) is 3.91. The third-order valence-electron chi connectivity index (χ3n) is 2.30. The summed E-state index contributed by atoms with van der Waals surface area (Å²) in [5.41, 5.74) is 0.111. The van der Waals surface area contributed by atoms with Gasteiger partial charge in [0.25, 0.3) is 0 Å². The fourth-order valence-corrected chi connectivity index (χ4v) is 2.24. The van der Waals surface area contributed by atoms with Crippen molar-refractivity contribution in [1.29, 1.82) is 0 Å². The molecule has 1 aromatic heterocycles. The minimum atomic E-state index is -0.696. The molecule has 0 bridgehead atoms. The number of H-pyrrole nitrogens is 1. The summed E-state index contributed by atoms with van der Waals surface area (Å²) in [7, 11) is 0. The quantitative estimate of drug-likeness (QED) is 0.573. The van der Waals surface area contributed by atoms with Crippen LogP contribution in [0.1, 0.15) is 10.4 Å². The second kappa shape index (κ2) is 4.49. The zero-order valence-electron chi connectivity index (χ0n) is 8.91. The molecule has 0 fully saturated rings. The highest BCUT2D eigenvalue weighted by Crippen LogP contribution is 2.28. The molecule has 0 saturated heterocycles. The van der Waals surface area contributed by atoms with Crippen molar-refractivity contribution < 1.29 is 15.1 Å². The summed E-state index contributed by atoms with van der Waals surface area (Å²) in [5, 5.41) is 29.3. The maximum Gasteiger partial charge on any atom is 0.310 e. The molecule has 8 heteroatoms. The number of aromatic amines is 1. The number of rotatable bonds is 3. The van der Waals surface area contributed by atoms with Crippen molar-refractivity contribution in [3.05, 3.63) is 48.4 Å². The highest BCUT2D eigenvalue weighted by molar-refractivity contribution is 7.09. The van der Waals surface area contributed by atoms with Gasteiger partial charge in [-0.15, -0.1) is 0 Å². The molecule has 18 heavy (non-hydrogen) atoms. The van der Waals surface area contributed by atoms with E-state index in [1.165, 1.54) is 18.2 Å². The van der Waals surface area contributed by atoms with E-state index in [0.29, 0.717) is 10.4 Å². The Morgan fingerprint density at radius 1 is 1.39 bits per heavy atom. The van der Waals surface area contributed by atoms with Crippen LogP contribution in [0.4, 0.5) is 5.69 Å². The number of nitro benzene ring substituents is 1. The lowest BCUT2D eigenvalue weighted by Crippen LogP contribution is -1.92. The average molecular weight is 268 g/mol. The van der Waals surface area contributed by atoms with Gasteiger partial charge in [0, 0.05) is 12.5 Å². The largest absolute Gasteiger partial charge is 0.502 e. The van der Waals surface area contributed by atoms with Crippen molar-refractivity contribution in [3.8, 4) is 11.6 Å². The van der Waals surface area contributed by atoms with Gasteiger partial charge in [-0.2, -0.15) is 0 Å². The van der Waals surface area contributed by atoms with Crippen molar-refractivity contribution in [2.75, 3.05) is 0 Å². The topological polar surface area (TPSA) is 116 Å². The first-order valence-electron chi connectivity index (χ1n) is 4.84. The number of hydrogen-bond donors (Lipinski definition) is 3. The minimum Gasteiger partial charge on any atom is -0.502 e. The van der Waals surface area contributed by atoms with Crippen LogP contribution in [-0.4, -0.2) is 20.1 Å². The van der Waals surface area contributed by atoms with Gasteiger partial charge in [-0.3, -0.25) is 19.9 Å². The van der Waals surface area contributed by atoms with Crippen LogP contribution in [0.25, 0.3) is 0 Å².